The predicted octanol–water partition coefficient (Wildman–Crippen LogP) is 1.56. The van der Waals surface area contributed by atoms with E-state index in [9.17, 15) is 0 Å². The Morgan fingerprint density at radius 3 is 2.84 bits per heavy atom. The first kappa shape index (κ1) is 14.2. The Balaban J connectivity index is 1.90. The monoisotopic (exact) mass is 264 g/mol. The third-order valence-electron chi connectivity index (χ3n) is 3.32. The molecule has 0 radical (unpaired) electrons. The molecule has 106 valence electrons. The second-order valence-corrected chi connectivity index (χ2v) is 5.42. The minimum Gasteiger partial charge on any atom is -0.374 e. The van der Waals surface area contributed by atoms with Gasteiger partial charge in [0.05, 0.1) is 19.3 Å². The lowest BCUT2D eigenvalue weighted by molar-refractivity contribution is -0.0342. The maximum absolute atomic E-state index is 5.83. The molecule has 1 aliphatic heterocycles. The highest BCUT2D eigenvalue weighted by Gasteiger charge is 2.21. The average molecular weight is 264 g/mol. The van der Waals surface area contributed by atoms with Crippen molar-refractivity contribution in [3.05, 3.63) is 23.3 Å². The summed E-state index contributed by atoms with van der Waals surface area (Å²) < 4.78 is 7.78. The highest BCUT2D eigenvalue weighted by atomic mass is 16.5. The smallest absolute Gasteiger partial charge is 0.147 e. The summed E-state index contributed by atoms with van der Waals surface area (Å²) in [5, 5.41) is 4.40. The van der Waals surface area contributed by atoms with E-state index >= 15 is 0 Å². The SMILES string of the molecule is CC(C)=CCN1CCOC(Cn2nc(C)nc2C)C1. The molecule has 0 spiro atoms. The predicted molar refractivity (Wildman–Crippen MR) is 75.1 cm³/mol. The van der Waals surface area contributed by atoms with Crippen molar-refractivity contribution in [1.29, 1.82) is 0 Å². The van der Waals surface area contributed by atoms with E-state index in [0.29, 0.717) is 0 Å². The Hall–Kier alpha value is -1.20. The maximum Gasteiger partial charge on any atom is 0.147 e. The van der Waals surface area contributed by atoms with Gasteiger partial charge in [0, 0.05) is 19.6 Å². The van der Waals surface area contributed by atoms with Crippen molar-refractivity contribution in [3.8, 4) is 0 Å². The van der Waals surface area contributed by atoms with E-state index in [1.165, 1.54) is 5.57 Å². The molecule has 0 aromatic carbocycles. The van der Waals surface area contributed by atoms with Crippen LogP contribution in [0.4, 0.5) is 0 Å². The molecular weight excluding hydrogens is 240 g/mol. The van der Waals surface area contributed by atoms with Gasteiger partial charge in [-0.1, -0.05) is 11.6 Å². The molecule has 0 aliphatic carbocycles. The third-order valence-corrected chi connectivity index (χ3v) is 3.32. The van der Waals surface area contributed by atoms with E-state index in [2.05, 4.69) is 34.9 Å². The Kier molecular flexibility index (Phi) is 4.71. The van der Waals surface area contributed by atoms with Gasteiger partial charge in [0.25, 0.3) is 0 Å². The first-order valence-corrected chi connectivity index (χ1v) is 6.90. The van der Waals surface area contributed by atoms with Gasteiger partial charge >= 0.3 is 0 Å². The number of morpholine rings is 1. The summed E-state index contributed by atoms with van der Waals surface area (Å²) in [4.78, 5) is 6.76. The van der Waals surface area contributed by atoms with Crippen molar-refractivity contribution in [3.63, 3.8) is 0 Å². The Morgan fingerprint density at radius 1 is 1.42 bits per heavy atom. The topological polar surface area (TPSA) is 43.2 Å². The first-order chi connectivity index (χ1) is 9.04. The molecule has 1 unspecified atom stereocenters. The number of allylic oxidation sites excluding steroid dienone is 1. The van der Waals surface area contributed by atoms with Crippen molar-refractivity contribution in [2.24, 2.45) is 0 Å². The molecule has 1 aliphatic rings. The molecule has 1 atom stereocenters. The van der Waals surface area contributed by atoms with Crippen LogP contribution in [0.1, 0.15) is 25.5 Å². The molecule has 1 aromatic rings. The first-order valence-electron chi connectivity index (χ1n) is 6.90. The van der Waals surface area contributed by atoms with Gasteiger partial charge in [-0.25, -0.2) is 9.67 Å². The number of ether oxygens (including phenoxy) is 1. The van der Waals surface area contributed by atoms with Crippen molar-refractivity contribution < 1.29 is 4.74 Å². The number of nitrogens with zero attached hydrogens (tertiary/aromatic N) is 4. The van der Waals surface area contributed by atoms with Crippen LogP contribution in [0.25, 0.3) is 0 Å². The van der Waals surface area contributed by atoms with Crippen molar-refractivity contribution in [1.82, 2.24) is 19.7 Å². The van der Waals surface area contributed by atoms with Gasteiger partial charge in [0.2, 0.25) is 0 Å². The van der Waals surface area contributed by atoms with Crippen molar-refractivity contribution in [2.75, 3.05) is 26.2 Å². The molecule has 2 heterocycles. The molecule has 5 heteroatoms. The molecule has 2 rings (SSSR count). The fourth-order valence-electron chi connectivity index (χ4n) is 2.30. The van der Waals surface area contributed by atoms with Gasteiger partial charge in [0.15, 0.2) is 0 Å². The van der Waals surface area contributed by atoms with Crippen LogP contribution in [0.15, 0.2) is 11.6 Å². The summed E-state index contributed by atoms with van der Waals surface area (Å²) in [7, 11) is 0. The van der Waals surface area contributed by atoms with E-state index in [-0.39, 0.29) is 6.10 Å². The molecular formula is C14H24N4O. The number of aryl methyl sites for hydroxylation is 2. The van der Waals surface area contributed by atoms with E-state index in [0.717, 1.165) is 44.4 Å². The fourth-order valence-corrected chi connectivity index (χ4v) is 2.30. The number of hydrogen-bond acceptors (Lipinski definition) is 4. The normalized spacial score (nSPS) is 20.5. The van der Waals surface area contributed by atoms with E-state index in [4.69, 9.17) is 4.74 Å². The zero-order chi connectivity index (χ0) is 13.8. The van der Waals surface area contributed by atoms with Gasteiger partial charge in [-0.15, -0.1) is 0 Å². The fraction of sp³-hybridized carbons (Fsp3) is 0.714. The van der Waals surface area contributed by atoms with E-state index in [1.54, 1.807) is 0 Å². The highest BCUT2D eigenvalue weighted by molar-refractivity contribution is 4.95. The summed E-state index contributed by atoms with van der Waals surface area (Å²) in [6.07, 6.45) is 2.48. The molecule has 1 saturated heterocycles. The van der Waals surface area contributed by atoms with Crippen LogP contribution in [0.3, 0.4) is 0 Å². The van der Waals surface area contributed by atoms with E-state index in [1.807, 2.05) is 18.5 Å². The quantitative estimate of drug-likeness (QED) is 0.774. The summed E-state index contributed by atoms with van der Waals surface area (Å²) >= 11 is 0. The molecule has 0 amide bonds. The zero-order valence-electron chi connectivity index (χ0n) is 12.4. The largest absolute Gasteiger partial charge is 0.374 e. The van der Waals surface area contributed by atoms with Gasteiger partial charge in [-0.3, -0.25) is 4.90 Å². The van der Waals surface area contributed by atoms with Gasteiger partial charge in [-0.05, 0) is 27.7 Å². The van der Waals surface area contributed by atoms with Crippen LogP contribution in [0.5, 0.6) is 0 Å². The number of aromatic nitrogens is 3. The van der Waals surface area contributed by atoms with Crippen LogP contribution in [-0.4, -0.2) is 52.0 Å². The van der Waals surface area contributed by atoms with Crippen LogP contribution in [0, 0.1) is 13.8 Å². The Labute approximate surface area is 115 Å². The summed E-state index contributed by atoms with van der Waals surface area (Å²) in [5.41, 5.74) is 1.37. The molecule has 19 heavy (non-hydrogen) atoms. The lowest BCUT2D eigenvalue weighted by Gasteiger charge is -2.32. The van der Waals surface area contributed by atoms with E-state index < -0.39 is 0 Å². The Bertz CT molecular complexity index is 448. The maximum atomic E-state index is 5.83. The van der Waals surface area contributed by atoms with Gasteiger partial charge in [-0.2, -0.15) is 5.10 Å². The molecule has 0 N–H and O–H groups in total. The lowest BCUT2D eigenvalue weighted by atomic mass is 10.2. The number of rotatable bonds is 4. The minimum atomic E-state index is 0.208. The molecule has 0 bridgehead atoms. The van der Waals surface area contributed by atoms with Gasteiger partial charge in [0.1, 0.15) is 11.6 Å². The molecule has 0 saturated carbocycles. The Morgan fingerprint density at radius 2 is 2.21 bits per heavy atom. The second kappa shape index (κ2) is 6.30. The summed E-state index contributed by atoms with van der Waals surface area (Å²) in [5.74, 6) is 1.79. The van der Waals surface area contributed by atoms with Gasteiger partial charge < -0.3 is 4.74 Å². The van der Waals surface area contributed by atoms with Crippen LogP contribution in [-0.2, 0) is 11.3 Å². The lowest BCUT2D eigenvalue weighted by Crippen LogP contribution is -2.44. The molecule has 1 aromatic heterocycles. The zero-order valence-corrected chi connectivity index (χ0v) is 12.4. The summed E-state index contributed by atoms with van der Waals surface area (Å²) in [6.45, 7) is 12.8. The highest BCUT2D eigenvalue weighted by Crippen LogP contribution is 2.09. The minimum absolute atomic E-state index is 0.208. The third kappa shape index (κ3) is 4.14. The summed E-state index contributed by atoms with van der Waals surface area (Å²) in [6, 6.07) is 0. The van der Waals surface area contributed by atoms with Crippen LogP contribution in [0.2, 0.25) is 0 Å². The van der Waals surface area contributed by atoms with Crippen molar-refractivity contribution in [2.45, 2.75) is 40.3 Å². The average Bonchev–Trinajstić information content (AvgIpc) is 2.66. The number of hydrogen-bond donors (Lipinski definition) is 0. The van der Waals surface area contributed by atoms with Crippen molar-refractivity contribution >= 4 is 0 Å². The molecule has 5 nitrogen and oxygen atoms in total. The van der Waals surface area contributed by atoms with Crippen LogP contribution >= 0.6 is 0 Å². The van der Waals surface area contributed by atoms with Crippen LogP contribution < -0.4 is 0 Å². The standard InChI is InChI=1S/C14H24N4O/c1-11(2)5-6-17-7-8-19-14(9-17)10-18-13(4)15-12(3)16-18/h5,14H,6-10H2,1-4H3. The second-order valence-electron chi connectivity index (χ2n) is 5.42. The molecule has 1 fully saturated rings.